The minimum absolute atomic E-state index is 0.288. The summed E-state index contributed by atoms with van der Waals surface area (Å²) in [6.07, 6.45) is 0. The maximum Gasteiger partial charge on any atom is 0.251 e. The number of nitrogens with one attached hydrogen (secondary N) is 2. The minimum atomic E-state index is -3.75. The van der Waals surface area contributed by atoms with E-state index in [1.807, 2.05) is 0 Å². The largest absolute Gasteiger partial charge is 0.341 e. The van der Waals surface area contributed by atoms with Crippen LogP contribution in [0.25, 0.3) is 0 Å². The van der Waals surface area contributed by atoms with Gasteiger partial charge in [0.1, 0.15) is 12.6 Å². The second-order valence-corrected chi connectivity index (χ2v) is 8.49. The van der Waals surface area contributed by atoms with E-state index in [0.717, 1.165) is 0 Å². The van der Waals surface area contributed by atoms with Crippen LogP contribution in [0.3, 0.4) is 0 Å². The molecule has 7 nitrogen and oxygen atoms in total. The van der Waals surface area contributed by atoms with Crippen molar-refractivity contribution in [2.24, 2.45) is 0 Å². The van der Waals surface area contributed by atoms with Crippen LogP contribution in [-0.2, 0) is 20.4 Å². The lowest BCUT2D eigenvalue weighted by atomic mass is 10.2. The molecule has 1 unspecified atom stereocenters. The van der Waals surface area contributed by atoms with Crippen molar-refractivity contribution in [2.45, 2.75) is 11.8 Å². The summed E-state index contributed by atoms with van der Waals surface area (Å²) >= 11 is 5.80. The fourth-order valence-corrected chi connectivity index (χ4v) is 4.10. The van der Waals surface area contributed by atoms with Gasteiger partial charge in [-0.3, -0.25) is 9.59 Å². The molecule has 146 valence electrons. The number of benzene rings is 2. The third kappa shape index (κ3) is 6.68. The van der Waals surface area contributed by atoms with Gasteiger partial charge in [0.15, 0.2) is 9.84 Å². The van der Waals surface area contributed by atoms with Crippen LogP contribution in [0, 0.1) is 11.3 Å². The predicted octanol–water partition coefficient (Wildman–Crippen LogP) is 1.69. The number of nitrogens with zero attached hydrogens (tertiary/aromatic N) is 1. The summed E-state index contributed by atoms with van der Waals surface area (Å²) in [5.41, 5.74) is 0.797. The molecule has 9 heteroatoms. The molecular formula is C19H18ClN3O4S. The van der Waals surface area contributed by atoms with Gasteiger partial charge in [-0.05, 0) is 29.8 Å². The monoisotopic (exact) mass is 419 g/mol. The zero-order valence-electron chi connectivity index (χ0n) is 14.8. The van der Waals surface area contributed by atoms with Crippen LogP contribution in [0.15, 0.2) is 54.6 Å². The van der Waals surface area contributed by atoms with Crippen molar-refractivity contribution >= 4 is 33.3 Å². The molecule has 2 aromatic rings. The summed E-state index contributed by atoms with van der Waals surface area (Å²) in [5, 5.41) is 13.8. The SMILES string of the molecule is N#CCNC(=O)C(CS(=O)(=O)Cc1ccc(Cl)cc1)NC(=O)c1ccccc1. The van der Waals surface area contributed by atoms with Crippen molar-refractivity contribution in [1.29, 1.82) is 5.26 Å². The van der Waals surface area contributed by atoms with Gasteiger partial charge in [-0.25, -0.2) is 8.42 Å². The highest BCUT2D eigenvalue weighted by Crippen LogP contribution is 2.13. The van der Waals surface area contributed by atoms with Gasteiger partial charge >= 0.3 is 0 Å². The van der Waals surface area contributed by atoms with E-state index in [9.17, 15) is 18.0 Å². The van der Waals surface area contributed by atoms with E-state index >= 15 is 0 Å². The van der Waals surface area contributed by atoms with E-state index < -0.39 is 33.4 Å². The van der Waals surface area contributed by atoms with Crippen molar-refractivity contribution in [3.63, 3.8) is 0 Å². The molecule has 2 amide bonds. The van der Waals surface area contributed by atoms with E-state index in [4.69, 9.17) is 16.9 Å². The quantitative estimate of drug-likeness (QED) is 0.631. The standard InChI is InChI=1S/C19H18ClN3O4S/c20-16-8-6-14(7-9-16)12-28(26,27)13-17(19(25)22-11-10-21)23-18(24)15-4-2-1-3-5-15/h1-9,17H,11-13H2,(H,22,25)(H,23,24). The predicted molar refractivity (Wildman–Crippen MR) is 105 cm³/mol. The fourth-order valence-electron chi connectivity index (χ4n) is 2.41. The molecule has 0 aliphatic carbocycles. The highest BCUT2D eigenvalue weighted by Gasteiger charge is 2.27. The molecule has 0 saturated heterocycles. The third-order valence-corrected chi connectivity index (χ3v) is 5.59. The van der Waals surface area contributed by atoms with Gasteiger partial charge in [0.25, 0.3) is 5.91 Å². The molecule has 0 radical (unpaired) electrons. The van der Waals surface area contributed by atoms with Gasteiger partial charge in [-0.1, -0.05) is 41.9 Å². The van der Waals surface area contributed by atoms with Crippen LogP contribution in [0.5, 0.6) is 0 Å². The molecule has 2 N–H and O–H groups in total. The molecule has 0 aliphatic heterocycles. The van der Waals surface area contributed by atoms with Crippen molar-refractivity contribution in [2.75, 3.05) is 12.3 Å². The summed E-state index contributed by atoms with van der Waals surface area (Å²) in [6, 6.07) is 14.8. The number of nitriles is 1. The van der Waals surface area contributed by atoms with E-state index in [1.165, 1.54) is 0 Å². The Morgan fingerprint density at radius 2 is 1.71 bits per heavy atom. The summed E-state index contributed by atoms with van der Waals surface area (Å²) in [6.45, 7) is -0.298. The second kappa shape index (κ2) is 9.88. The highest BCUT2D eigenvalue weighted by molar-refractivity contribution is 7.90. The summed E-state index contributed by atoms with van der Waals surface area (Å²) in [7, 11) is -3.75. The number of amides is 2. The lowest BCUT2D eigenvalue weighted by Crippen LogP contribution is -2.50. The van der Waals surface area contributed by atoms with Crippen LogP contribution in [0.1, 0.15) is 15.9 Å². The van der Waals surface area contributed by atoms with Gasteiger partial charge < -0.3 is 10.6 Å². The highest BCUT2D eigenvalue weighted by atomic mass is 35.5. The van der Waals surface area contributed by atoms with E-state index in [-0.39, 0.29) is 17.9 Å². The number of hydrogen-bond donors (Lipinski definition) is 2. The molecule has 0 heterocycles. The molecule has 0 aromatic heterocycles. The summed E-state index contributed by atoms with van der Waals surface area (Å²) in [4.78, 5) is 24.6. The third-order valence-electron chi connectivity index (χ3n) is 3.72. The topological polar surface area (TPSA) is 116 Å². The van der Waals surface area contributed by atoms with Crippen molar-refractivity contribution in [3.8, 4) is 6.07 Å². The average molecular weight is 420 g/mol. The van der Waals surface area contributed by atoms with Crippen molar-refractivity contribution < 1.29 is 18.0 Å². The molecule has 0 saturated carbocycles. The minimum Gasteiger partial charge on any atom is -0.341 e. The number of carbonyl (C=O) groups excluding carboxylic acids is 2. The zero-order chi connectivity index (χ0) is 20.6. The number of hydrogen-bond acceptors (Lipinski definition) is 5. The van der Waals surface area contributed by atoms with Crippen LogP contribution in [-0.4, -0.2) is 38.6 Å². The normalized spacial score (nSPS) is 11.9. The van der Waals surface area contributed by atoms with Gasteiger partial charge in [0, 0.05) is 10.6 Å². The summed E-state index contributed by atoms with van der Waals surface area (Å²) in [5.74, 6) is -2.25. The molecule has 0 aliphatic rings. The van der Waals surface area contributed by atoms with Crippen LogP contribution < -0.4 is 10.6 Å². The lowest BCUT2D eigenvalue weighted by Gasteiger charge is -2.18. The first-order valence-corrected chi connectivity index (χ1v) is 10.5. The maximum absolute atomic E-state index is 12.6. The molecule has 2 rings (SSSR count). The Hall–Kier alpha value is -2.89. The van der Waals surface area contributed by atoms with Gasteiger partial charge in [0.2, 0.25) is 5.91 Å². The fraction of sp³-hybridized carbons (Fsp3) is 0.211. The van der Waals surface area contributed by atoms with Gasteiger partial charge in [-0.2, -0.15) is 5.26 Å². The average Bonchev–Trinajstić information content (AvgIpc) is 2.67. The summed E-state index contributed by atoms with van der Waals surface area (Å²) < 4.78 is 25.1. The Morgan fingerprint density at radius 3 is 2.32 bits per heavy atom. The maximum atomic E-state index is 12.6. The van der Waals surface area contributed by atoms with E-state index in [2.05, 4.69) is 10.6 Å². The first-order valence-electron chi connectivity index (χ1n) is 8.26. The van der Waals surface area contributed by atoms with Crippen molar-refractivity contribution in [3.05, 3.63) is 70.7 Å². The van der Waals surface area contributed by atoms with Crippen molar-refractivity contribution in [1.82, 2.24) is 10.6 Å². The lowest BCUT2D eigenvalue weighted by molar-refractivity contribution is -0.122. The van der Waals surface area contributed by atoms with Crippen LogP contribution in [0.2, 0.25) is 5.02 Å². The molecule has 0 spiro atoms. The van der Waals surface area contributed by atoms with Gasteiger partial charge in [0.05, 0.1) is 17.6 Å². The van der Waals surface area contributed by atoms with Gasteiger partial charge in [-0.15, -0.1) is 0 Å². The molecular weight excluding hydrogens is 402 g/mol. The first kappa shape index (κ1) is 21.4. The Kier molecular flexibility index (Phi) is 7.55. The van der Waals surface area contributed by atoms with E-state index in [1.54, 1.807) is 60.7 Å². The first-order chi connectivity index (χ1) is 13.3. The van der Waals surface area contributed by atoms with Crippen LogP contribution in [0.4, 0.5) is 0 Å². The zero-order valence-corrected chi connectivity index (χ0v) is 16.3. The smallest absolute Gasteiger partial charge is 0.251 e. The Bertz CT molecular complexity index is 970. The van der Waals surface area contributed by atoms with Crippen LogP contribution >= 0.6 is 11.6 Å². The molecule has 1 atom stereocenters. The number of sulfone groups is 1. The Morgan fingerprint density at radius 1 is 1.07 bits per heavy atom. The Balaban J connectivity index is 2.15. The molecule has 0 bridgehead atoms. The second-order valence-electron chi connectivity index (χ2n) is 5.95. The van der Waals surface area contributed by atoms with E-state index in [0.29, 0.717) is 10.6 Å². The Labute approximate surface area is 168 Å². The molecule has 0 fully saturated rings. The molecule has 28 heavy (non-hydrogen) atoms. The number of rotatable bonds is 8. The number of halogens is 1. The number of carbonyl (C=O) groups is 2. The molecule has 2 aromatic carbocycles.